The zero-order valence-corrected chi connectivity index (χ0v) is 17.9. The van der Waals surface area contributed by atoms with Crippen molar-refractivity contribution < 1.29 is 34.4 Å². The molecule has 0 amide bonds. The third-order valence-electron chi connectivity index (χ3n) is 3.62. The van der Waals surface area contributed by atoms with Gasteiger partial charge in [0.25, 0.3) is 0 Å². The lowest BCUT2D eigenvalue weighted by atomic mass is 10.2. The quantitative estimate of drug-likeness (QED) is 0.515. The summed E-state index contributed by atoms with van der Waals surface area (Å²) in [6.45, 7) is 1.31. The van der Waals surface area contributed by atoms with Gasteiger partial charge in [-0.2, -0.15) is 0 Å². The molecule has 2 aromatic rings. The van der Waals surface area contributed by atoms with Crippen molar-refractivity contribution in [3.8, 4) is 11.5 Å². The molecule has 0 fully saturated rings. The molecular formula is C20H23Cl2NO7. The number of carbonyl (C=O) groups is 2. The maximum absolute atomic E-state index is 10.2. The molecule has 2 aromatic carbocycles. The van der Waals surface area contributed by atoms with Gasteiger partial charge in [-0.15, -0.1) is 0 Å². The molecule has 0 saturated heterocycles. The second kappa shape index (κ2) is 12.9. The number of aliphatic hydroxyl groups is 1. The Balaban J connectivity index is 0.000000656. The van der Waals surface area contributed by atoms with Crippen LogP contribution >= 0.6 is 23.2 Å². The number of halogens is 2. The molecule has 30 heavy (non-hydrogen) atoms. The van der Waals surface area contributed by atoms with E-state index in [0.29, 0.717) is 28.9 Å². The van der Waals surface area contributed by atoms with Crippen molar-refractivity contribution in [3.63, 3.8) is 0 Å². The predicted octanol–water partition coefficient (Wildman–Crippen LogP) is 3.03. The van der Waals surface area contributed by atoms with Gasteiger partial charge in [0.2, 0.25) is 0 Å². The van der Waals surface area contributed by atoms with Gasteiger partial charge in [-0.1, -0.05) is 35.3 Å². The average Bonchev–Trinajstić information content (AvgIpc) is 2.69. The molecule has 0 aliphatic heterocycles. The van der Waals surface area contributed by atoms with Crippen LogP contribution < -0.4 is 9.47 Å². The number of benzene rings is 2. The van der Waals surface area contributed by atoms with Crippen LogP contribution in [0.3, 0.4) is 0 Å². The molecule has 0 radical (unpaired) electrons. The number of likely N-dealkylation sites (N-methyl/N-ethyl adjacent to an activating group) is 1. The number of hydrogen-bond donors (Lipinski definition) is 3. The van der Waals surface area contributed by atoms with Gasteiger partial charge in [0.05, 0.1) is 12.1 Å². The number of aliphatic hydroxyl groups excluding tert-OH is 1. The number of carboxylic acid groups (broad SMARTS) is 2. The molecule has 2 rings (SSSR count). The Morgan fingerprint density at radius 1 is 1.10 bits per heavy atom. The minimum atomic E-state index is -1.82. The average molecular weight is 460 g/mol. The fourth-order valence-corrected chi connectivity index (χ4v) is 2.67. The first-order chi connectivity index (χ1) is 14.1. The van der Waals surface area contributed by atoms with E-state index in [1.54, 1.807) is 25.3 Å². The smallest absolute Gasteiger partial charge is 0.414 e. The molecule has 0 spiro atoms. The van der Waals surface area contributed by atoms with E-state index in [1.165, 1.54) is 0 Å². The van der Waals surface area contributed by atoms with E-state index in [4.69, 9.17) is 52.5 Å². The summed E-state index contributed by atoms with van der Waals surface area (Å²) < 4.78 is 10.8. The van der Waals surface area contributed by atoms with Gasteiger partial charge in [0.15, 0.2) is 0 Å². The van der Waals surface area contributed by atoms with E-state index in [9.17, 15) is 5.11 Å². The number of aliphatic carboxylic acids is 2. The summed E-state index contributed by atoms with van der Waals surface area (Å²) >= 11 is 11.9. The summed E-state index contributed by atoms with van der Waals surface area (Å²) in [6, 6.07) is 12.8. The normalized spacial score (nSPS) is 11.3. The molecule has 0 heterocycles. The Kier molecular flexibility index (Phi) is 11.0. The van der Waals surface area contributed by atoms with E-state index in [2.05, 4.69) is 0 Å². The predicted molar refractivity (Wildman–Crippen MR) is 113 cm³/mol. The van der Waals surface area contributed by atoms with Crippen molar-refractivity contribution in [2.45, 2.75) is 12.6 Å². The highest BCUT2D eigenvalue weighted by Crippen LogP contribution is 2.27. The van der Waals surface area contributed by atoms with Crippen molar-refractivity contribution in [2.75, 3.05) is 27.3 Å². The van der Waals surface area contributed by atoms with Crippen LogP contribution in [-0.4, -0.2) is 65.6 Å². The highest BCUT2D eigenvalue weighted by atomic mass is 35.5. The lowest BCUT2D eigenvalue weighted by Crippen LogP contribution is -2.32. The van der Waals surface area contributed by atoms with Gasteiger partial charge in [-0.3, -0.25) is 4.90 Å². The van der Waals surface area contributed by atoms with E-state index < -0.39 is 18.0 Å². The van der Waals surface area contributed by atoms with E-state index >= 15 is 0 Å². The Labute approximate surface area is 184 Å². The van der Waals surface area contributed by atoms with Crippen LogP contribution in [0.4, 0.5) is 0 Å². The molecule has 1 atom stereocenters. The standard InChI is InChI=1S/C18H21Cl2NO3.C2H2O4/c1-21(10-13-4-3-5-16(8-13)23-2)11-15(22)12-24-18-9-14(19)6-7-17(18)20;3-1(4)2(5)6/h3-9,15,22H,10-12H2,1-2H3;(H,3,4)(H,5,6). The van der Waals surface area contributed by atoms with Crippen molar-refractivity contribution >= 4 is 35.1 Å². The molecule has 3 N–H and O–H groups in total. The number of rotatable bonds is 8. The van der Waals surface area contributed by atoms with Gasteiger partial charge in [0.1, 0.15) is 24.2 Å². The zero-order valence-electron chi connectivity index (χ0n) is 16.4. The van der Waals surface area contributed by atoms with Gasteiger partial charge in [-0.25, -0.2) is 9.59 Å². The summed E-state index contributed by atoms with van der Waals surface area (Å²) in [4.78, 5) is 20.2. The van der Waals surface area contributed by atoms with Crippen molar-refractivity contribution in [1.82, 2.24) is 4.90 Å². The Bertz CT molecular complexity index is 836. The SMILES string of the molecule is COc1cccc(CN(C)CC(O)COc2cc(Cl)ccc2Cl)c1.O=C(O)C(=O)O. The summed E-state index contributed by atoms with van der Waals surface area (Å²) in [6.07, 6.45) is -0.643. The molecule has 0 aromatic heterocycles. The Morgan fingerprint density at radius 2 is 1.77 bits per heavy atom. The molecule has 1 unspecified atom stereocenters. The highest BCUT2D eigenvalue weighted by molar-refractivity contribution is 6.34. The molecule has 0 aliphatic rings. The van der Waals surface area contributed by atoms with Gasteiger partial charge in [-0.05, 0) is 36.9 Å². The lowest BCUT2D eigenvalue weighted by Gasteiger charge is -2.21. The van der Waals surface area contributed by atoms with Crippen LogP contribution in [0.5, 0.6) is 11.5 Å². The van der Waals surface area contributed by atoms with Crippen LogP contribution in [-0.2, 0) is 16.1 Å². The molecule has 0 saturated carbocycles. The van der Waals surface area contributed by atoms with E-state index in [1.807, 2.05) is 36.2 Å². The highest BCUT2D eigenvalue weighted by Gasteiger charge is 2.11. The molecule has 164 valence electrons. The number of methoxy groups -OCH3 is 1. The van der Waals surface area contributed by atoms with Crippen molar-refractivity contribution in [1.29, 1.82) is 0 Å². The van der Waals surface area contributed by atoms with E-state index in [0.717, 1.165) is 11.3 Å². The summed E-state index contributed by atoms with van der Waals surface area (Å²) in [5, 5.41) is 25.9. The lowest BCUT2D eigenvalue weighted by molar-refractivity contribution is -0.159. The second-order valence-electron chi connectivity index (χ2n) is 6.20. The van der Waals surface area contributed by atoms with Crippen molar-refractivity contribution in [2.24, 2.45) is 0 Å². The summed E-state index contributed by atoms with van der Waals surface area (Å²) in [5.74, 6) is -2.36. The first kappa shape index (κ1) is 25.5. The Morgan fingerprint density at radius 3 is 2.37 bits per heavy atom. The molecule has 10 heteroatoms. The molecule has 0 bridgehead atoms. The maximum atomic E-state index is 10.2. The third-order valence-corrected chi connectivity index (χ3v) is 4.16. The number of ether oxygens (including phenoxy) is 2. The van der Waals surface area contributed by atoms with Gasteiger partial charge < -0.3 is 24.8 Å². The number of nitrogens with zero attached hydrogens (tertiary/aromatic N) is 1. The molecule has 0 aliphatic carbocycles. The van der Waals surface area contributed by atoms with Crippen LogP contribution in [0, 0.1) is 0 Å². The summed E-state index contributed by atoms with van der Waals surface area (Å²) in [7, 11) is 3.58. The van der Waals surface area contributed by atoms with Crippen LogP contribution in [0.25, 0.3) is 0 Å². The number of carboxylic acids is 2. The fourth-order valence-electron chi connectivity index (χ4n) is 2.33. The number of hydrogen-bond acceptors (Lipinski definition) is 6. The zero-order chi connectivity index (χ0) is 22.7. The first-order valence-corrected chi connectivity index (χ1v) is 9.41. The fraction of sp³-hybridized carbons (Fsp3) is 0.300. The Hall–Kier alpha value is -2.52. The minimum absolute atomic E-state index is 0.141. The first-order valence-electron chi connectivity index (χ1n) is 8.66. The van der Waals surface area contributed by atoms with Crippen LogP contribution in [0.1, 0.15) is 5.56 Å². The largest absolute Gasteiger partial charge is 0.497 e. The van der Waals surface area contributed by atoms with Crippen LogP contribution in [0.2, 0.25) is 10.0 Å². The molecule has 8 nitrogen and oxygen atoms in total. The van der Waals surface area contributed by atoms with E-state index in [-0.39, 0.29) is 6.61 Å². The minimum Gasteiger partial charge on any atom is -0.497 e. The molecular weight excluding hydrogens is 437 g/mol. The monoisotopic (exact) mass is 459 g/mol. The maximum Gasteiger partial charge on any atom is 0.414 e. The second-order valence-corrected chi connectivity index (χ2v) is 7.04. The topological polar surface area (TPSA) is 117 Å². The van der Waals surface area contributed by atoms with Crippen molar-refractivity contribution in [3.05, 3.63) is 58.1 Å². The van der Waals surface area contributed by atoms with Gasteiger partial charge in [0, 0.05) is 24.2 Å². The third kappa shape index (κ3) is 9.80. The van der Waals surface area contributed by atoms with Crippen LogP contribution in [0.15, 0.2) is 42.5 Å². The summed E-state index contributed by atoms with van der Waals surface area (Å²) in [5.41, 5.74) is 1.11. The van der Waals surface area contributed by atoms with Gasteiger partial charge >= 0.3 is 11.9 Å².